The van der Waals surface area contributed by atoms with Crippen molar-refractivity contribution < 1.29 is 9.59 Å². The molecule has 6 heteroatoms. The first-order valence-electron chi connectivity index (χ1n) is 6.77. The number of nitrogens with zero attached hydrogens (tertiary/aromatic N) is 1. The van der Waals surface area contributed by atoms with Crippen LogP contribution in [0.5, 0.6) is 0 Å². The molecule has 108 valence electrons. The van der Waals surface area contributed by atoms with Crippen molar-refractivity contribution in [2.75, 3.05) is 13.6 Å². The van der Waals surface area contributed by atoms with E-state index in [9.17, 15) is 9.59 Å². The second kappa shape index (κ2) is 6.32. The average molecular weight is 285 g/mol. The van der Waals surface area contributed by atoms with E-state index in [1.54, 1.807) is 11.9 Å². The largest absolute Gasteiger partial charge is 0.392 e. The van der Waals surface area contributed by atoms with Crippen molar-refractivity contribution >= 4 is 29.0 Å². The number of amides is 2. The van der Waals surface area contributed by atoms with Gasteiger partial charge in [-0.05, 0) is 25.7 Å². The molecule has 1 aliphatic rings. The maximum atomic E-state index is 12.8. The number of likely N-dealkylation sites (tertiary alicyclic amines) is 1. The average Bonchev–Trinajstić information content (AvgIpc) is 2.88. The molecule has 0 aromatic rings. The van der Waals surface area contributed by atoms with Gasteiger partial charge in [0.1, 0.15) is 6.04 Å². The van der Waals surface area contributed by atoms with E-state index in [4.69, 9.17) is 18.0 Å². The van der Waals surface area contributed by atoms with Crippen LogP contribution in [-0.2, 0) is 9.59 Å². The van der Waals surface area contributed by atoms with Crippen LogP contribution in [0.3, 0.4) is 0 Å². The second-order valence-electron chi connectivity index (χ2n) is 4.92. The smallest absolute Gasteiger partial charge is 0.242 e. The van der Waals surface area contributed by atoms with E-state index in [0.29, 0.717) is 25.8 Å². The summed E-state index contributed by atoms with van der Waals surface area (Å²) in [5, 5.41) is 2.61. The van der Waals surface area contributed by atoms with Crippen LogP contribution in [0.25, 0.3) is 0 Å². The SMILES string of the molecule is CCC(CC)(C(=O)N1CCCC1C(=O)NC)C(N)=S. The van der Waals surface area contributed by atoms with Crippen LogP contribution in [-0.4, -0.2) is 41.3 Å². The van der Waals surface area contributed by atoms with Gasteiger partial charge in [0, 0.05) is 13.6 Å². The van der Waals surface area contributed by atoms with Gasteiger partial charge < -0.3 is 16.0 Å². The maximum Gasteiger partial charge on any atom is 0.242 e. The summed E-state index contributed by atoms with van der Waals surface area (Å²) in [6.07, 6.45) is 2.67. The highest BCUT2D eigenvalue weighted by atomic mass is 32.1. The Kier molecular flexibility index (Phi) is 5.29. The van der Waals surface area contributed by atoms with E-state index in [-0.39, 0.29) is 22.8 Å². The lowest BCUT2D eigenvalue weighted by atomic mass is 9.80. The molecule has 1 aliphatic heterocycles. The zero-order chi connectivity index (χ0) is 14.6. The van der Waals surface area contributed by atoms with Gasteiger partial charge in [-0.3, -0.25) is 9.59 Å². The van der Waals surface area contributed by atoms with Crippen molar-refractivity contribution in [1.82, 2.24) is 10.2 Å². The second-order valence-corrected chi connectivity index (χ2v) is 5.36. The van der Waals surface area contributed by atoms with Gasteiger partial charge in [-0.25, -0.2) is 0 Å². The number of rotatable bonds is 5. The summed E-state index contributed by atoms with van der Waals surface area (Å²) in [6, 6.07) is -0.385. The Morgan fingerprint density at radius 1 is 1.42 bits per heavy atom. The standard InChI is InChI=1S/C13H23N3O2S/c1-4-13(5-2,11(14)19)12(18)16-8-6-7-9(16)10(17)15-3/h9H,4-8H2,1-3H3,(H2,14,19)(H,15,17). The maximum absolute atomic E-state index is 12.8. The summed E-state index contributed by atoms with van der Waals surface area (Å²) < 4.78 is 0. The van der Waals surface area contributed by atoms with Crippen molar-refractivity contribution in [3.8, 4) is 0 Å². The lowest BCUT2D eigenvalue weighted by Gasteiger charge is -2.35. The number of carbonyl (C=O) groups excluding carboxylic acids is 2. The van der Waals surface area contributed by atoms with E-state index < -0.39 is 5.41 Å². The van der Waals surface area contributed by atoms with Crippen molar-refractivity contribution in [2.24, 2.45) is 11.1 Å². The number of nitrogens with two attached hydrogens (primary N) is 1. The molecule has 19 heavy (non-hydrogen) atoms. The van der Waals surface area contributed by atoms with Crippen LogP contribution < -0.4 is 11.1 Å². The zero-order valence-corrected chi connectivity index (χ0v) is 12.7. The summed E-state index contributed by atoms with van der Waals surface area (Å²) in [5.41, 5.74) is 4.99. The van der Waals surface area contributed by atoms with E-state index in [1.807, 2.05) is 13.8 Å². The molecule has 0 aromatic carbocycles. The Labute approximate surface area is 119 Å². The van der Waals surface area contributed by atoms with E-state index in [2.05, 4.69) is 5.32 Å². The van der Waals surface area contributed by atoms with Crippen LogP contribution in [0.15, 0.2) is 0 Å². The quantitative estimate of drug-likeness (QED) is 0.733. The minimum atomic E-state index is -0.814. The highest BCUT2D eigenvalue weighted by Crippen LogP contribution is 2.33. The molecule has 0 aromatic heterocycles. The molecule has 1 rings (SSSR count). The van der Waals surface area contributed by atoms with E-state index in [1.165, 1.54) is 0 Å². The van der Waals surface area contributed by atoms with Crippen LogP contribution in [0, 0.1) is 5.41 Å². The van der Waals surface area contributed by atoms with Gasteiger partial charge in [0.2, 0.25) is 11.8 Å². The fourth-order valence-electron chi connectivity index (χ4n) is 2.73. The molecular formula is C13H23N3O2S. The van der Waals surface area contributed by atoms with Crippen LogP contribution in [0.2, 0.25) is 0 Å². The Hall–Kier alpha value is -1.17. The highest BCUT2D eigenvalue weighted by Gasteiger charge is 2.45. The predicted octanol–water partition coefficient (Wildman–Crippen LogP) is 0.816. The molecule has 0 radical (unpaired) electrons. The number of thiocarbonyl (C=S) groups is 1. The van der Waals surface area contributed by atoms with Gasteiger partial charge in [0.15, 0.2) is 0 Å². The number of nitrogens with one attached hydrogen (secondary N) is 1. The molecule has 1 unspecified atom stereocenters. The molecule has 0 spiro atoms. The fraction of sp³-hybridized carbons (Fsp3) is 0.769. The normalized spacial score (nSPS) is 19.3. The van der Waals surface area contributed by atoms with Gasteiger partial charge in [-0.15, -0.1) is 0 Å². The van der Waals surface area contributed by atoms with Crippen LogP contribution in [0.1, 0.15) is 39.5 Å². The van der Waals surface area contributed by atoms with Gasteiger partial charge in [-0.1, -0.05) is 26.1 Å². The first-order chi connectivity index (χ1) is 8.94. The Morgan fingerprint density at radius 3 is 2.42 bits per heavy atom. The number of likely N-dealkylation sites (N-methyl/N-ethyl adjacent to an activating group) is 1. The Bertz CT molecular complexity index is 380. The first-order valence-corrected chi connectivity index (χ1v) is 7.18. The van der Waals surface area contributed by atoms with Gasteiger partial charge in [-0.2, -0.15) is 0 Å². The Morgan fingerprint density at radius 2 is 2.00 bits per heavy atom. The molecule has 5 nitrogen and oxygen atoms in total. The lowest BCUT2D eigenvalue weighted by Crippen LogP contribution is -2.54. The molecule has 1 atom stereocenters. The number of hydrogen-bond donors (Lipinski definition) is 2. The minimum Gasteiger partial charge on any atom is -0.392 e. The number of hydrogen-bond acceptors (Lipinski definition) is 3. The molecule has 1 saturated heterocycles. The molecule has 2 amide bonds. The molecule has 0 bridgehead atoms. The molecule has 3 N–H and O–H groups in total. The van der Waals surface area contributed by atoms with E-state index in [0.717, 1.165) is 6.42 Å². The topological polar surface area (TPSA) is 75.4 Å². The zero-order valence-electron chi connectivity index (χ0n) is 11.9. The predicted molar refractivity (Wildman–Crippen MR) is 78.6 cm³/mol. The van der Waals surface area contributed by atoms with E-state index >= 15 is 0 Å². The third kappa shape index (κ3) is 2.73. The van der Waals surface area contributed by atoms with Gasteiger partial charge in [0.05, 0.1) is 10.4 Å². The Balaban J connectivity index is 3.03. The van der Waals surface area contributed by atoms with Crippen molar-refractivity contribution in [3.63, 3.8) is 0 Å². The molecule has 0 aliphatic carbocycles. The van der Waals surface area contributed by atoms with Crippen molar-refractivity contribution in [1.29, 1.82) is 0 Å². The summed E-state index contributed by atoms with van der Waals surface area (Å²) in [5.74, 6) is -0.217. The van der Waals surface area contributed by atoms with Crippen molar-refractivity contribution in [2.45, 2.75) is 45.6 Å². The highest BCUT2D eigenvalue weighted by molar-refractivity contribution is 7.80. The summed E-state index contributed by atoms with van der Waals surface area (Å²) in [6.45, 7) is 4.42. The lowest BCUT2D eigenvalue weighted by molar-refractivity contribution is -0.144. The molecule has 0 saturated carbocycles. The monoisotopic (exact) mass is 285 g/mol. The third-order valence-corrected chi connectivity index (χ3v) is 4.54. The van der Waals surface area contributed by atoms with Crippen LogP contribution >= 0.6 is 12.2 Å². The van der Waals surface area contributed by atoms with Gasteiger partial charge >= 0.3 is 0 Å². The molecule has 1 heterocycles. The summed E-state index contributed by atoms with van der Waals surface area (Å²) in [7, 11) is 1.59. The first kappa shape index (κ1) is 15.9. The van der Waals surface area contributed by atoms with Gasteiger partial charge in [0.25, 0.3) is 0 Å². The molecule has 1 fully saturated rings. The third-order valence-electron chi connectivity index (χ3n) is 4.15. The fourth-order valence-corrected chi connectivity index (χ4v) is 3.11. The van der Waals surface area contributed by atoms with Crippen LogP contribution in [0.4, 0.5) is 0 Å². The summed E-state index contributed by atoms with van der Waals surface area (Å²) in [4.78, 5) is 26.5. The van der Waals surface area contributed by atoms with Crippen molar-refractivity contribution in [3.05, 3.63) is 0 Å². The number of carbonyl (C=O) groups is 2. The minimum absolute atomic E-state index is 0.101. The summed E-state index contributed by atoms with van der Waals surface area (Å²) >= 11 is 5.10. The molecular weight excluding hydrogens is 262 g/mol.